The van der Waals surface area contributed by atoms with E-state index in [1.54, 1.807) is 13.0 Å². The molecule has 0 unspecified atom stereocenters. The van der Waals surface area contributed by atoms with E-state index in [9.17, 15) is 4.79 Å². The van der Waals surface area contributed by atoms with Gasteiger partial charge in [0.25, 0.3) is 0 Å². The first-order valence-corrected chi connectivity index (χ1v) is 10.2. The van der Waals surface area contributed by atoms with E-state index in [4.69, 9.17) is 9.15 Å². The van der Waals surface area contributed by atoms with Crippen LogP contribution in [0.5, 0.6) is 0 Å². The third kappa shape index (κ3) is 3.12. The van der Waals surface area contributed by atoms with Crippen LogP contribution in [0.4, 0.5) is 0 Å². The van der Waals surface area contributed by atoms with Crippen LogP contribution in [-0.2, 0) is 10.5 Å². The molecule has 0 fully saturated rings. The second-order valence-electron chi connectivity index (χ2n) is 4.92. The zero-order valence-corrected chi connectivity index (χ0v) is 15.2. The van der Waals surface area contributed by atoms with Gasteiger partial charge in [0, 0.05) is 0 Å². The van der Waals surface area contributed by atoms with Gasteiger partial charge in [-0.15, -0.1) is 0 Å². The summed E-state index contributed by atoms with van der Waals surface area (Å²) in [5.74, 6) is 2.61. The molecule has 118 valence electrons. The first kappa shape index (κ1) is 15.7. The Balaban J connectivity index is 1.83. The minimum atomic E-state index is -0.396. The predicted octanol–water partition coefficient (Wildman–Crippen LogP) is 3.30. The molecule has 0 atom stereocenters. The molecular weight excluding hydrogens is 367 g/mol. The Morgan fingerprint density at radius 3 is 2.91 bits per heavy atom. The molecule has 4 heterocycles. The summed E-state index contributed by atoms with van der Waals surface area (Å²) in [5.41, 5.74) is 2.10. The monoisotopic (exact) mass is 386 g/mol. The summed E-state index contributed by atoms with van der Waals surface area (Å²) in [7, 11) is 0. The van der Waals surface area contributed by atoms with Gasteiger partial charge in [-0.25, -0.2) is 0 Å². The summed E-state index contributed by atoms with van der Waals surface area (Å²) in [6, 6.07) is 1.81. The number of rotatable bonds is 8. The van der Waals surface area contributed by atoms with Gasteiger partial charge in [-0.05, 0) is 0 Å². The van der Waals surface area contributed by atoms with Gasteiger partial charge in [-0.2, -0.15) is 0 Å². The van der Waals surface area contributed by atoms with Crippen molar-refractivity contribution >= 4 is 36.9 Å². The van der Waals surface area contributed by atoms with Crippen LogP contribution in [-0.4, -0.2) is 41.7 Å². The Morgan fingerprint density at radius 1 is 1.45 bits per heavy atom. The van der Waals surface area contributed by atoms with Gasteiger partial charge >= 0.3 is 139 Å². The number of ether oxygens (including phenoxy) is 1. The molecule has 4 rings (SSSR count). The van der Waals surface area contributed by atoms with Crippen LogP contribution in [0.3, 0.4) is 0 Å². The quantitative estimate of drug-likeness (QED) is 0.338. The molecule has 0 radical (unpaired) electrons. The van der Waals surface area contributed by atoms with Crippen molar-refractivity contribution < 1.29 is 13.9 Å². The Labute approximate surface area is 139 Å². The van der Waals surface area contributed by atoms with Crippen molar-refractivity contribution in [3.05, 3.63) is 23.8 Å². The third-order valence-electron chi connectivity index (χ3n) is 3.29. The molecule has 5 nitrogen and oxygen atoms in total. The summed E-state index contributed by atoms with van der Waals surface area (Å²) in [5, 5.41) is 4.35. The molecule has 0 saturated carbocycles. The van der Waals surface area contributed by atoms with Crippen molar-refractivity contribution in [1.29, 1.82) is 0 Å². The fourth-order valence-corrected chi connectivity index (χ4v) is 4.74. The molecule has 7 heteroatoms. The zero-order chi connectivity index (χ0) is 15.5. The maximum atomic E-state index is 11.9. The summed E-state index contributed by atoms with van der Waals surface area (Å²) in [4.78, 5) is 11.9. The molecule has 2 bridgehead atoms. The fraction of sp³-hybridized carbons (Fsp3) is 0.467. The average molecular weight is 385 g/mol. The Hall–Kier alpha value is -1.17. The molecular formula is C15H18N2O3SSe. The van der Waals surface area contributed by atoms with Gasteiger partial charge in [0.05, 0.1) is 0 Å². The molecule has 4 aromatic heterocycles. The molecule has 0 amide bonds. The van der Waals surface area contributed by atoms with Crippen molar-refractivity contribution in [2.75, 3.05) is 12.4 Å². The van der Waals surface area contributed by atoms with E-state index in [1.807, 2.05) is 21.5 Å². The number of unbranched alkanes of at least 4 members (excludes halogenated alkanes) is 1. The number of fused-ring (bicyclic) bond motifs is 1. The summed E-state index contributed by atoms with van der Waals surface area (Å²) >= 11 is 2.14. The van der Waals surface area contributed by atoms with Crippen LogP contribution in [0.2, 0.25) is 0 Å². The van der Waals surface area contributed by atoms with Gasteiger partial charge in [0.2, 0.25) is 0 Å². The van der Waals surface area contributed by atoms with Gasteiger partial charge in [0.15, 0.2) is 0 Å². The Bertz CT molecular complexity index is 730. The fourth-order valence-electron chi connectivity index (χ4n) is 2.17. The van der Waals surface area contributed by atoms with Crippen molar-refractivity contribution in [3.8, 4) is 11.1 Å². The van der Waals surface area contributed by atoms with Crippen LogP contribution in [0.1, 0.15) is 43.0 Å². The minimum absolute atomic E-state index is 0.288. The van der Waals surface area contributed by atoms with Crippen LogP contribution in [0.25, 0.3) is 15.5 Å². The molecule has 0 aliphatic rings. The number of thioether (sulfide) groups is 1. The van der Waals surface area contributed by atoms with Crippen LogP contribution in [0, 0.1) is 0 Å². The average Bonchev–Trinajstić information content (AvgIpc) is 3.15. The number of carbonyl (C=O) groups excluding carboxylic acids is 1. The first-order chi connectivity index (χ1) is 10.7. The van der Waals surface area contributed by atoms with Gasteiger partial charge in [0.1, 0.15) is 0 Å². The summed E-state index contributed by atoms with van der Waals surface area (Å²) < 4.78 is 13.9. The Morgan fingerprint density at radius 2 is 2.27 bits per heavy atom. The molecule has 0 aliphatic carbocycles. The summed E-state index contributed by atoms with van der Waals surface area (Å²) in [6.07, 6.45) is 4.42. The van der Waals surface area contributed by atoms with Crippen molar-refractivity contribution in [2.45, 2.75) is 32.4 Å². The number of aromatic nitrogens is 2. The van der Waals surface area contributed by atoms with Crippen molar-refractivity contribution in [3.63, 3.8) is 0 Å². The number of esters is 1. The molecule has 0 N–H and O–H groups in total. The van der Waals surface area contributed by atoms with Crippen molar-refractivity contribution in [1.82, 2.24) is 8.61 Å². The number of furan rings is 1. The number of hydrogen-bond acceptors (Lipinski definition) is 5. The number of hydrogen-bond donors (Lipinski definition) is 0. The van der Waals surface area contributed by atoms with Crippen LogP contribution >= 0.6 is 11.8 Å². The molecule has 0 spiro atoms. The zero-order valence-electron chi connectivity index (χ0n) is 12.6. The second kappa shape index (κ2) is 6.94. The Kier molecular flexibility index (Phi) is 4.96. The SMILES string of the molecule is CCCCSCc1oc(C(=O)OCC)cc1-c1cn2nc1[se]2. The normalized spacial score (nSPS) is 11.5. The number of carbonyl (C=O) groups is 1. The predicted molar refractivity (Wildman–Crippen MR) is 88.0 cm³/mol. The van der Waals surface area contributed by atoms with Crippen molar-refractivity contribution in [2.24, 2.45) is 0 Å². The van der Waals surface area contributed by atoms with E-state index < -0.39 is 5.97 Å². The third-order valence-corrected chi connectivity index (χ3v) is 6.11. The van der Waals surface area contributed by atoms with E-state index in [0.29, 0.717) is 21.3 Å². The molecule has 22 heavy (non-hydrogen) atoms. The number of nitrogens with zero attached hydrogens (tertiary/aromatic N) is 2. The molecule has 0 aromatic carbocycles. The van der Waals surface area contributed by atoms with E-state index in [2.05, 4.69) is 12.0 Å². The topological polar surface area (TPSA) is 56.7 Å². The second-order valence-corrected chi connectivity index (χ2v) is 8.00. The summed E-state index contributed by atoms with van der Waals surface area (Å²) in [6.45, 7) is 4.33. The van der Waals surface area contributed by atoms with Gasteiger partial charge in [-0.1, -0.05) is 0 Å². The standard InChI is InChI=1S/C15H18N2O3SSe/c1-3-5-6-21-9-13-10(11-8-17-16-14(11)22-17)7-12(20-13)15(18)19-4-2/h7-8H,3-6,9H2,1-2H3. The van der Waals surface area contributed by atoms with Crippen LogP contribution < -0.4 is 0 Å². The van der Waals surface area contributed by atoms with Gasteiger partial charge in [-0.3, -0.25) is 0 Å². The van der Waals surface area contributed by atoms with Crippen LogP contribution in [0.15, 0.2) is 16.7 Å². The van der Waals surface area contributed by atoms with E-state index >= 15 is 0 Å². The van der Waals surface area contributed by atoms with Gasteiger partial charge < -0.3 is 0 Å². The molecule has 4 aromatic rings. The van der Waals surface area contributed by atoms with E-state index in [0.717, 1.165) is 32.8 Å². The van der Waals surface area contributed by atoms with E-state index in [-0.39, 0.29) is 5.76 Å². The molecule has 0 aliphatic heterocycles. The first-order valence-electron chi connectivity index (χ1n) is 7.38. The van der Waals surface area contributed by atoms with E-state index in [1.165, 1.54) is 12.8 Å². The molecule has 0 saturated heterocycles. The maximum absolute atomic E-state index is 11.9.